The second-order valence-corrected chi connectivity index (χ2v) is 6.63. The molecule has 0 aliphatic carbocycles. The summed E-state index contributed by atoms with van der Waals surface area (Å²) >= 11 is 3.97. The molecule has 2 rings (SSSR count). The summed E-state index contributed by atoms with van der Waals surface area (Å²) in [6.45, 7) is 1.09. The Labute approximate surface area is 106 Å². The maximum atomic E-state index is 4.72. The maximum absolute atomic E-state index is 4.72. The van der Waals surface area contributed by atoms with Gasteiger partial charge in [0.05, 0.1) is 10.7 Å². The second-order valence-electron chi connectivity index (χ2n) is 4.28. The lowest BCUT2D eigenvalue weighted by Gasteiger charge is -2.04. The molecule has 0 aromatic carbocycles. The highest BCUT2D eigenvalue weighted by Gasteiger charge is 2.17. The van der Waals surface area contributed by atoms with Crippen LogP contribution in [-0.4, -0.2) is 29.6 Å². The van der Waals surface area contributed by atoms with Gasteiger partial charge in [0.15, 0.2) is 0 Å². The van der Waals surface area contributed by atoms with Crippen molar-refractivity contribution in [2.24, 2.45) is 0 Å². The molecule has 1 aliphatic heterocycles. The number of aromatic nitrogens is 1. The summed E-state index contributed by atoms with van der Waals surface area (Å²) in [6.07, 6.45) is 6.30. The highest BCUT2D eigenvalue weighted by molar-refractivity contribution is 8.00. The Bertz CT molecular complexity index is 306. The first-order valence-corrected chi connectivity index (χ1v) is 8.01. The number of thioether (sulfide) groups is 1. The van der Waals surface area contributed by atoms with Gasteiger partial charge in [-0.05, 0) is 45.0 Å². The summed E-state index contributed by atoms with van der Waals surface area (Å²) in [5, 5.41) is 7.61. The first-order chi connectivity index (χ1) is 7.88. The van der Waals surface area contributed by atoms with Gasteiger partial charge in [0.25, 0.3) is 0 Å². The summed E-state index contributed by atoms with van der Waals surface area (Å²) in [5.74, 6) is 1.35. The molecule has 90 valence electrons. The molecule has 0 saturated carbocycles. The standard InChI is InChI=1S/C12H20N2S2/c1-13-6-2-4-10-9-16-12(14-10)8-11-5-3-7-15-11/h9,11,13H,2-8H2,1H3. The number of nitrogens with zero attached hydrogens (tertiary/aromatic N) is 1. The molecular formula is C12H20N2S2. The van der Waals surface area contributed by atoms with Crippen molar-refractivity contribution in [1.29, 1.82) is 0 Å². The Hall–Kier alpha value is -0.0600. The van der Waals surface area contributed by atoms with Crippen molar-refractivity contribution < 1.29 is 0 Å². The molecule has 16 heavy (non-hydrogen) atoms. The molecule has 1 aromatic heterocycles. The zero-order chi connectivity index (χ0) is 11.2. The fourth-order valence-corrected chi connectivity index (χ4v) is 4.30. The van der Waals surface area contributed by atoms with Crippen molar-refractivity contribution in [3.8, 4) is 0 Å². The molecule has 0 spiro atoms. The number of hydrogen-bond donors (Lipinski definition) is 1. The number of nitrogens with one attached hydrogen (secondary N) is 1. The van der Waals surface area contributed by atoms with E-state index in [-0.39, 0.29) is 0 Å². The number of aryl methyl sites for hydroxylation is 1. The average molecular weight is 256 g/mol. The molecule has 0 bridgehead atoms. The van der Waals surface area contributed by atoms with Gasteiger partial charge >= 0.3 is 0 Å². The van der Waals surface area contributed by atoms with E-state index in [1.165, 1.54) is 42.1 Å². The smallest absolute Gasteiger partial charge is 0.0939 e. The summed E-state index contributed by atoms with van der Waals surface area (Å²) in [4.78, 5) is 4.72. The molecule has 1 aromatic rings. The zero-order valence-electron chi connectivity index (χ0n) is 9.87. The molecule has 1 N–H and O–H groups in total. The summed E-state index contributed by atoms with van der Waals surface area (Å²) in [7, 11) is 2.00. The van der Waals surface area contributed by atoms with Crippen LogP contribution in [0.5, 0.6) is 0 Å². The minimum atomic E-state index is 0.844. The van der Waals surface area contributed by atoms with Gasteiger partial charge in [-0.1, -0.05) is 0 Å². The molecule has 4 heteroatoms. The van der Waals surface area contributed by atoms with Gasteiger partial charge in [0.2, 0.25) is 0 Å². The Kier molecular flexibility index (Phi) is 5.13. The summed E-state index contributed by atoms with van der Waals surface area (Å²) in [6, 6.07) is 0. The Morgan fingerprint density at radius 3 is 3.25 bits per heavy atom. The predicted molar refractivity (Wildman–Crippen MR) is 73.5 cm³/mol. The predicted octanol–water partition coefficient (Wildman–Crippen LogP) is 2.73. The van der Waals surface area contributed by atoms with Crippen molar-refractivity contribution in [1.82, 2.24) is 10.3 Å². The van der Waals surface area contributed by atoms with Crippen molar-refractivity contribution in [2.75, 3.05) is 19.3 Å². The van der Waals surface area contributed by atoms with E-state index in [9.17, 15) is 0 Å². The highest BCUT2D eigenvalue weighted by atomic mass is 32.2. The van der Waals surface area contributed by atoms with E-state index in [2.05, 4.69) is 22.5 Å². The van der Waals surface area contributed by atoms with Gasteiger partial charge in [-0.25, -0.2) is 4.98 Å². The second kappa shape index (κ2) is 6.62. The monoisotopic (exact) mass is 256 g/mol. The quantitative estimate of drug-likeness (QED) is 0.792. The fraction of sp³-hybridized carbons (Fsp3) is 0.750. The van der Waals surface area contributed by atoms with E-state index in [0.717, 1.165) is 18.2 Å². The van der Waals surface area contributed by atoms with Crippen LogP contribution in [-0.2, 0) is 12.8 Å². The Balaban J connectivity index is 1.77. The van der Waals surface area contributed by atoms with E-state index in [0.29, 0.717) is 0 Å². The number of thiazole rings is 1. The third kappa shape index (κ3) is 3.75. The van der Waals surface area contributed by atoms with E-state index in [1.807, 2.05) is 18.4 Å². The molecule has 0 amide bonds. The first-order valence-electron chi connectivity index (χ1n) is 6.08. The van der Waals surface area contributed by atoms with Crippen LogP contribution in [0.1, 0.15) is 30.0 Å². The minimum absolute atomic E-state index is 0.844. The lowest BCUT2D eigenvalue weighted by Crippen LogP contribution is -2.08. The van der Waals surface area contributed by atoms with Gasteiger partial charge in [-0.2, -0.15) is 11.8 Å². The molecule has 1 fully saturated rings. The molecule has 1 aliphatic rings. The lowest BCUT2D eigenvalue weighted by atomic mass is 10.2. The first kappa shape index (κ1) is 12.4. The molecule has 2 heterocycles. The van der Waals surface area contributed by atoms with Crippen molar-refractivity contribution in [3.63, 3.8) is 0 Å². The van der Waals surface area contributed by atoms with E-state index in [1.54, 1.807) is 0 Å². The van der Waals surface area contributed by atoms with Crippen LogP contribution in [0, 0.1) is 0 Å². The van der Waals surface area contributed by atoms with Crippen LogP contribution in [0.3, 0.4) is 0 Å². The topological polar surface area (TPSA) is 24.9 Å². The minimum Gasteiger partial charge on any atom is -0.320 e. The summed E-state index contributed by atoms with van der Waals surface area (Å²) < 4.78 is 0. The average Bonchev–Trinajstić information content (AvgIpc) is 2.91. The van der Waals surface area contributed by atoms with Crippen molar-refractivity contribution >= 4 is 23.1 Å². The molecule has 1 saturated heterocycles. The van der Waals surface area contributed by atoms with Gasteiger partial charge in [-0.3, -0.25) is 0 Å². The lowest BCUT2D eigenvalue weighted by molar-refractivity contribution is 0.713. The maximum Gasteiger partial charge on any atom is 0.0939 e. The van der Waals surface area contributed by atoms with Gasteiger partial charge < -0.3 is 5.32 Å². The van der Waals surface area contributed by atoms with Crippen LogP contribution >= 0.6 is 23.1 Å². The number of rotatable bonds is 6. The van der Waals surface area contributed by atoms with Gasteiger partial charge in [0.1, 0.15) is 0 Å². The Morgan fingerprint density at radius 2 is 2.50 bits per heavy atom. The molecule has 2 nitrogen and oxygen atoms in total. The normalized spacial score (nSPS) is 20.4. The molecular weight excluding hydrogens is 236 g/mol. The largest absolute Gasteiger partial charge is 0.320 e. The molecule has 1 atom stereocenters. The zero-order valence-corrected chi connectivity index (χ0v) is 11.5. The molecule has 0 radical (unpaired) electrons. The Morgan fingerprint density at radius 1 is 1.56 bits per heavy atom. The van der Waals surface area contributed by atoms with Crippen molar-refractivity contribution in [2.45, 2.75) is 37.4 Å². The van der Waals surface area contributed by atoms with Crippen LogP contribution in [0.4, 0.5) is 0 Å². The fourth-order valence-electron chi connectivity index (χ4n) is 2.00. The van der Waals surface area contributed by atoms with Gasteiger partial charge in [0, 0.05) is 17.1 Å². The van der Waals surface area contributed by atoms with Crippen LogP contribution in [0.2, 0.25) is 0 Å². The third-order valence-electron chi connectivity index (χ3n) is 2.89. The summed E-state index contributed by atoms with van der Waals surface area (Å²) in [5.41, 5.74) is 1.29. The van der Waals surface area contributed by atoms with Crippen LogP contribution in [0.25, 0.3) is 0 Å². The third-order valence-corrected chi connectivity index (χ3v) is 5.20. The van der Waals surface area contributed by atoms with Gasteiger partial charge in [-0.15, -0.1) is 11.3 Å². The van der Waals surface area contributed by atoms with Crippen LogP contribution < -0.4 is 5.32 Å². The molecule has 1 unspecified atom stereocenters. The van der Waals surface area contributed by atoms with E-state index < -0.39 is 0 Å². The van der Waals surface area contributed by atoms with E-state index in [4.69, 9.17) is 4.98 Å². The van der Waals surface area contributed by atoms with Crippen LogP contribution in [0.15, 0.2) is 5.38 Å². The van der Waals surface area contributed by atoms with Crippen molar-refractivity contribution in [3.05, 3.63) is 16.1 Å². The van der Waals surface area contributed by atoms with E-state index >= 15 is 0 Å². The number of hydrogen-bond acceptors (Lipinski definition) is 4. The SMILES string of the molecule is CNCCCc1csc(CC2CCCS2)n1. The highest BCUT2D eigenvalue weighted by Crippen LogP contribution is 2.29.